The molecule has 0 aliphatic rings. The van der Waals surface area contributed by atoms with Gasteiger partial charge in [-0.3, -0.25) is 4.79 Å². The minimum atomic E-state index is -0.392. The fourth-order valence-electron chi connectivity index (χ4n) is 2.70. The zero-order valence-corrected chi connectivity index (χ0v) is 17.9. The number of carbonyl (C=O) groups is 1. The number of ether oxygens (including phenoxy) is 1. The van der Waals surface area contributed by atoms with Crippen molar-refractivity contribution in [1.29, 1.82) is 0 Å². The average molecular weight is 429 g/mol. The first-order chi connectivity index (χ1) is 14.5. The Bertz CT molecular complexity index is 963. The van der Waals surface area contributed by atoms with E-state index in [2.05, 4.69) is 29.4 Å². The van der Waals surface area contributed by atoms with E-state index in [4.69, 9.17) is 4.74 Å². The van der Waals surface area contributed by atoms with Crippen LogP contribution in [-0.4, -0.2) is 26.4 Å². The molecule has 1 N–H and O–H groups in total. The second kappa shape index (κ2) is 10.8. The predicted octanol–water partition coefficient (Wildman–Crippen LogP) is 4.77. The molecule has 0 atom stereocenters. The van der Waals surface area contributed by atoms with Crippen molar-refractivity contribution in [2.24, 2.45) is 5.92 Å². The molecule has 1 amide bonds. The summed E-state index contributed by atoms with van der Waals surface area (Å²) in [5.41, 5.74) is 0.429. The molecule has 0 saturated carbocycles. The summed E-state index contributed by atoms with van der Waals surface area (Å²) >= 11 is 1.30. The first-order valence-corrected chi connectivity index (χ1v) is 10.8. The van der Waals surface area contributed by atoms with E-state index in [1.54, 1.807) is 12.1 Å². The third-order valence-electron chi connectivity index (χ3n) is 4.28. The van der Waals surface area contributed by atoms with Crippen molar-refractivity contribution in [2.75, 3.05) is 11.1 Å². The molecule has 0 aliphatic heterocycles. The van der Waals surface area contributed by atoms with Gasteiger partial charge in [-0.15, -0.1) is 10.2 Å². The van der Waals surface area contributed by atoms with Gasteiger partial charge >= 0.3 is 0 Å². The van der Waals surface area contributed by atoms with Crippen LogP contribution in [0.1, 0.15) is 26.1 Å². The van der Waals surface area contributed by atoms with Crippen molar-refractivity contribution in [1.82, 2.24) is 14.8 Å². The lowest BCUT2D eigenvalue weighted by molar-refractivity contribution is -0.113. The van der Waals surface area contributed by atoms with Gasteiger partial charge in [0.15, 0.2) is 11.0 Å². The molecule has 30 heavy (non-hydrogen) atoms. The van der Waals surface area contributed by atoms with E-state index < -0.39 is 5.82 Å². The minimum Gasteiger partial charge on any atom is -0.486 e. The van der Waals surface area contributed by atoms with Crippen LogP contribution in [0.2, 0.25) is 0 Å². The lowest BCUT2D eigenvalue weighted by atomic mass is 10.1. The number of halogens is 1. The van der Waals surface area contributed by atoms with E-state index in [1.807, 2.05) is 34.9 Å². The van der Waals surface area contributed by atoms with Crippen LogP contribution in [-0.2, 0) is 17.9 Å². The summed E-state index contributed by atoms with van der Waals surface area (Å²) in [4.78, 5) is 12.3. The number of thioether (sulfide) groups is 1. The van der Waals surface area contributed by atoms with Crippen LogP contribution in [0, 0.1) is 11.7 Å². The summed E-state index contributed by atoms with van der Waals surface area (Å²) in [6.07, 6.45) is 0.958. The molecule has 2 aromatic carbocycles. The Hall–Kier alpha value is -2.87. The second-order valence-corrected chi connectivity index (χ2v) is 8.12. The quantitative estimate of drug-likeness (QED) is 0.471. The Balaban J connectivity index is 1.63. The molecule has 6 nitrogen and oxygen atoms in total. The van der Waals surface area contributed by atoms with E-state index in [-0.39, 0.29) is 11.7 Å². The molecule has 0 fully saturated rings. The van der Waals surface area contributed by atoms with Crippen molar-refractivity contribution in [3.8, 4) is 5.75 Å². The highest BCUT2D eigenvalue weighted by atomic mass is 32.2. The third kappa shape index (κ3) is 6.59. The van der Waals surface area contributed by atoms with Crippen LogP contribution in [0.5, 0.6) is 5.75 Å². The van der Waals surface area contributed by atoms with Gasteiger partial charge in [-0.2, -0.15) is 0 Å². The largest absolute Gasteiger partial charge is 0.486 e. The van der Waals surface area contributed by atoms with Gasteiger partial charge < -0.3 is 14.6 Å². The molecular formula is C22H25FN4O2S. The predicted molar refractivity (Wildman–Crippen MR) is 116 cm³/mol. The standard InChI is InChI=1S/C22H25FN4O2S/c1-16(2)11-12-27-20(14-29-19-9-4-3-5-10-19)25-26-22(27)30-15-21(28)24-18-8-6-7-17(23)13-18/h3-10,13,16H,11-12,14-15H2,1-2H3,(H,24,28). The van der Waals surface area contributed by atoms with Gasteiger partial charge in [0.25, 0.3) is 0 Å². The van der Waals surface area contributed by atoms with Gasteiger partial charge in [-0.1, -0.05) is 49.9 Å². The minimum absolute atomic E-state index is 0.149. The zero-order chi connectivity index (χ0) is 21.3. The SMILES string of the molecule is CC(C)CCn1c(COc2ccccc2)nnc1SCC(=O)Nc1cccc(F)c1. The molecule has 0 spiro atoms. The van der Waals surface area contributed by atoms with E-state index in [9.17, 15) is 9.18 Å². The fourth-order valence-corrected chi connectivity index (χ4v) is 3.49. The maximum atomic E-state index is 13.3. The average Bonchev–Trinajstić information content (AvgIpc) is 3.11. The van der Waals surface area contributed by atoms with Crippen LogP contribution < -0.4 is 10.1 Å². The van der Waals surface area contributed by atoms with E-state index in [0.717, 1.165) is 18.7 Å². The maximum absolute atomic E-state index is 13.3. The monoisotopic (exact) mass is 428 g/mol. The van der Waals surface area contributed by atoms with Gasteiger partial charge in [0, 0.05) is 12.2 Å². The van der Waals surface area contributed by atoms with Crippen LogP contribution in [0.3, 0.4) is 0 Å². The third-order valence-corrected chi connectivity index (χ3v) is 5.24. The Morgan fingerprint density at radius 1 is 1.17 bits per heavy atom. The molecule has 0 radical (unpaired) electrons. The number of para-hydroxylation sites is 1. The molecule has 0 unspecified atom stereocenters. The molecule has 0 bridgehead atoms. The van der Waals surface area contributed by atoms with E-state index >= 15 is 0 Å². The van der Waals surface area contributed by atoms with Crippen LogP contribution in [0.25, 0.3) is 0 Å². The lowest BCUT2D eigenvalue weighted by Crippen LogP contribution is -2.15. The Kier molecular flexibility index (Phi) is 7.84. The summed E-state index contributed by atoms with van der Waals surface area (Å²) in [5.74, 6) is 1.52. The maximum Gasteiger partial charge on any atom is 0.234 e. The number of nitrogens with zero attached hydrogens (tertiary/aromatic N) is 3. The Morgan fingerprint density at radius 3 is 2.70 bits per heavy atom. The van der Waals surface area contributed by atoms with Crippen LogP contribution in [0.4, 0.5) is 10.1 Å². The summed E-state index contributed by atoms with van der Waals surface area (Å²) in [6.45, 7) is 5.35. The van der Waals surface area contributed by atoms with Crippen LogP contribution in [0.15, 0.2) is 59.8 Å². The van der Waals surface area contributed by atoms with Gasteiger partial charge in [0.2, 0.25) is 5.91 Å². The summed E-state index contributed by atoms with van der Waals surface area (Å²) in [5, 5.41) is 11.9. The number of hydrogen-bond acceptors (Lipinski definition) is 5. The highest BCUT2D eigenvalue weighted by Crippen LogP contribution is 2.21. The van der Waals surface area contributed by atoms with E-state index in [1.165, 1.54) is 23.9 Å². The molecule has 3 aromatic rings. The molecule has 0 aliphatic carbocycles. The smallest absolute Gasteiger partial charge is 0.234 e. The normalized spacial score (nSPS) is 10.9. The fraction of sp³-hybridized carbons (Fsp3) is 0.318. The summed E-state index contributed by atoms with van der Waals surface area (Å²) in [7, 11) is 0. The van der Waals surface area contributed by atoms with Gasteiger partial charge in [0.1, 0.15) is 18.2 Å². The van der Waals surface area contributed by atoms with Gasteiger partial charge in [0.05, 0.1) is 5.75 Å². The number of aromatic nitrogens is 3. The summed E-state index contributed by atoms with van der Waals surface area (Å²) in [6, 6.07) is 15.4. The topological polar surface area (TPSA) is 69.0 Å². The lowest BCUT2D eigenvalue weighted by Gasteiger charge is -2.12. The molecule has 3 rings (SSSR count). The number of amides is 1. The number of benzene rings is 2. The number of anilines is 1. The van der Waals surface area contributed by atoms with Crippen molar-refractivity contribution in [2.45, 2.75) is 38.6 Å². The number of carbonyl (C=O) groups excluding carboxylic acids is 1. The first kappa shape index (κ1) is 21.8. The molecule has 1 heterocycles. The Labute approximate surface area is 179 Å². The number of rotatable bonds is 10. The van der Waals surface area contributed by atoms with Crippen molar-refractivity contribution < 1.29 is 13.9 Å². The number of hydrogen-bond donors (Lipinski definition) is 1. The van der Waals surface area contributed by atoms with E-state index in [0.29, 0.717) is 29.2 Å². The summed E-state index contributed by atoms with van der Waals surface area (Å²) < 4.78 is 21.1. The second-order valence-electron chi connectivity index (χ2n) is 7.18. The van der Waals surface area contributed by atoms with Crippen molar-refractivity contribution in [3.05, 3.63) is 66.2 Å². The van der Waals surface area contributed by atoms with Gasteiger partial charge in [-0.25, -0.2) is 4.39 Å². The highest BCUT2D eigenvalue weighted by Gasteiger charge is 2.15. The van der Waals surface area contributed by atoms with Gasteiger partial charge in [-0.05, 0) is 42.7 Å². The molecule has 158 valence electrons. The molecule has 1 aromatic heterocycles. The molecular weight excluding hydrogens is 403 g/mol. The van der Waals surface area contributed by atoms with Crippen LogP contribution >= 0.6 is 11.8 Å². The molecule has 0 saturated heterocycles. The Morgan fingerprint density at radius 2 is 1.97 bits per heavy atom. The molecule has 8 heteroatoms. The number of nitrogens with one attached hydrogen (secondary N) is 1. The first-order valence-electron chi connectivity index (χ1n) is 9.79. The zero-order valence-electron chi connectivity index (χ0n) is 17.0. The van der Waals surface area contributed by atoms with Crippen molar-refractivity contribution in [3.63, 3.8) is 0 Å². The highest BCUT2D eigenvalue weighted by molar-refractivity contribution is 7.99. The van der Waals surface area contributed by atoms with Crippen molar-refractivity contribution >= 4 is 23.4 Å².